The third kappa shape index (κ3) is 6.27. The van der Waals surface area contributed by atoms with Crippen molar-refractivity contribution in [2.24, 2.45) is 5.92 Å². The Hall–Kier alpha value is -3.67. The SMILES string of the molecule is C/C=C\c1c(CC(C)C)cc(-c2ccc(OC)nc2)cc1C(=O)NCc1c(CC)cc(C)[nH]c1=O. The van der Waals surface area contributed by atoms with Crippen LogP contribution in [0.1, 0.15) is 66.0 Å². The number of H-pyrrole nitrogens is 1. The molecule has 6 heteroatoms. The largest absolute Gasteiger partial charge is 0.481 e. The molecule has 3 aromatic rings. The highest BCUT2D eigenvalue weighted by Gasteiger charge is 2.18. The Kier molecular flexibility index (Phi) is 8.63. The van der Waals surface area contributed by atoms with Crippen molar-refractivity contribution < 1.29 is 9.53 Å². The zero-order valence-corrected chi connectivity index (χ0v) is 21.5. The molecule has 0 fully saturated rings. The second-order valence-electron chi connectivity index (χ2n) is 9.11. The molecular formula is C29H35N3O3. The summed E-state index contributed by atoms with van der Waals surface area (Å²) in [7, 11) is 1.58. The topological polar surface area (TPSA) is 84.1 Å². The zero-order chi connectivity index (χ0) is 25.5. The van der Waals surface area contributed by atoms with Gasteiger partial charge in [0.2, 0.25) is 5.88 Å². The summed E-state index contributed by atoms with van der Waals surface area (Å²) >= 11 is 0. The van der Waals surface area contributed by atoms with E-state index in [9.17, 15) is 9.59 Å². The van der Waals surface area contributed by atoms with Crippen LogP contribution < -0.4 is 15.6 Å². The smallest absolute Gasteiger partial charge is 0.253 e. The van der Waals surface area contributed by atoms with E-state index in [1.807, 2.05) is 57.2 Å². The number of benzene rings is 1. The Balaban J connectivity index is 2.05. The lowest BCUT2D eigenvalue weighted by molar-refractivity contribution is 0.0950. The summed E-state index contributed by atoms with van der Waals surface area (Å²) in [6.07, 6.45) is 7.24. The first kappa shape index (κ1) is 25.9. The van der Waals surface area contributed by atoms with Gasteiger partial charge in [0.15, 0.2) is 0 Å². The summed E-state index contributed by atoms with van der Waals surface area (Å²) in [6, 6.07) is 9.75. The average molecular weight is 474 g/mol. The van der Waals surface area contributed by atoms with Gasteiger partial charge in [-0.3, -0.25) is 9.59 Å². The number of aromatic amines is 1. The van der Waals surface area contributed by atoms with Crippen molar-refractivity contribution in [3.8, 4) is 17.0 Å². The van der Waals surface area contributed by atoms with Crippen LogP contribution in [-0.2, 0) is 19.4 Å². The molecular weight excluding hydrogens is 438 g/mol. The van der Waals surface area contributed by atoms with E-state index >= 15 is 0 Å². The summed E-state index contributed by atoms with van der Waals surface area (Å²) in [5.41, 5.74) is 6.59. The Morgan fingerprint density at radius 1 is 1.17 bits per heavy atom. The number of hydrogen-bond donors (Lipinski definition) is 2. The fraction of sp³-hybridized carbons (Fsp3) is 0.345. The number of ether oxygens (including phenoxy) is 1. The van der Waals surface area contributed by atoms with Gasteiger partial charge in [0.1, 0.15) is 0 Å². The molecule has 1 amide bonds. The summed E-state index contributed by atoms with van der Waals surface area (Å²) < 4.78 is 5.19. The van der Waals surface area contributed by atoms with E-state index in [1.165, 1.54) is 0 Å². The van der Waals surface area contributed by atoms with Crippen molar-refractivity contribution >= 4 is 12.0 Å². The minimum absolute atomic E-state index is 0.158. The van der Waals surface area contributed by atoms with Crippen LogP contribution in [-0.4, -0.2) is 23.0 Å². The number of nitrogens with zero attached hydrogens (tertiary/aromatic N) is 1. The predicted molar refractivity (Wildman–Crippen MR) is 142 cm³/mol. The first-order valence-electron chi connectivity index (χ1n) is 12.1. The van der Waals surface area contributed by atoms with Crippen LogP contribution in [0, 0.1) is 12.8 Å². The molecule has 0 saturated heterocycles. The molecule has 0 saturated carbocycles. The van der Waals surface area contributed by atoms with Gasteiger partial charge in [0, 0.05) is 41.2 Å². The van der Waals surface area contributed by atoms with Crippen molar-refractivity contribution in [1.82, 2.24) is 15.3 Å². The number of aryl methyl sites for hydroxylation is 2. The Morgan fingerprint density at radius 2 is 1.94 bits per heavy atom. The summed E-state index contributed by atoms with van der Waals surface area (Å²) in [6.45, 7) is 10.3. The molecule has 0 unspecified atom stereocenters. The van der Waals surface area contributed by atoms with Gasteiger partial charge in [-0.15, -0.1) is 0 Å². The molecule has 184 valence electrons. The van der Waals surface area contributed by atoms with Gasteiger partial charge in [-0.1, -0.05) is 39.0 Å². The van der Waals surface area contributed by atoms with Crippen LogP contribution in [0.5, 0.6) is 5.88 Å². The van der Waals surface area contributed by atoms with Crippen LogP contribution in [0.25, 0.3) is 17.2 Å². The Labute approximate surface area is 207 Å². The molecule has 35 heavy (non-hydrogen) atoms. The number of aromatic nitrogens is 2. The molecule has 0 bridgehead atoms. The third-order valence-electron chi connectivity index (χ3n) is 5.92. The number of methoxy groups -OCH3 is 1. The van der Waals surface area contributed by atoms with E-state index in [2.05, 4.69) is 35.2 Å². The van der Waals surface area contributed by atoms with Crippen LogP contribution in [0.3, 0.4) is 0 Å². The minimum atomic E-state index is -0.214. The van der Waals surface area contributed by atoms with Gasteiger partial charge in [0.05, 0.1) is 7.11 Å². The monoisotopic (exact) mass is 473 g/mol. The molecule has 3 rings (SSSR count). The van der Waals surface area contributed by atoms with Crippen LogP contribution in [0.4, 0.5) is 0 Å². The zero-order valence-electron chi connectivity index (χ0n) is 21.5. The summed E-state index contributed by atoms with van der Waals surface area (Å²) in [4.78, 5) is 33.3. The lowest BCUT2D eigenvalue weighted by Gasteiger charge is -2.17. The second-order valence-corrected chi connectivity index (χ2v) is 9.11. The molecule has 0 spiro atoms. The molecule has 2 aromatic heterocycles. The molecule has 0 aliphatic rings. The number of carbonyl (C=O) groups excluding carboxylic acids is 1. The maximum Gasteiger partial charge on any atom is 0.253 e. The van der Waals surface area contributed by atoms with Gasteiger partial charge in [-0.25, -0.2) is 4.98 Å². The molecule has 6 nitrogen and oxygen atoms in total. The minimum Gasteiger partial charge on any atom is -0.481 e. The lowest BCUT2D eigenvalue weighted by Crippen LogP contribution is -2.29. The van der Waals surface area contributed by atoms with Crippen LogP contribution in [0.15, 0.2) is 47.4 Å². The molecule has 0 radical (unpaired) electrons. The van der Waals surface area contributed by atoms with Gasteiger partial charge < -0.3 is 15.0 Å². The van der Waals surface area contributed by atoms with E-state index in [0.717, 1.165) is 46.4 Å². The third-order valence-corrected chi connectivity index (χ3v) is 5.92. The highest BCUT2D eigenvalue weighted by Crippen LogP contribution is 2.29. The number of amides is 1. The van der Waals surface area contributed by atoms with Crippen LogP contribution >= 0.6 is 0 Å². The number of pyridine rings is 2. The summed E-state index contributed by atoms with van der Waals surface area (Å²) in [5, 5.41) is 3.00. The Morgan fingerprint density at radius 3 is 2.54 bits per heavy atom. The maximum absolute atomic E-state index is 13.5. The van der Waals surface area contributed by atoms with E-state index < -0.39 is 0 Å². The number of nitrogens with one attached hydrogen (secondary N) is 2. The van der Waals surface area contributed by atoms with E-state index in [1.54, 1.807) is 13.3 Å². The number of rotatable bonds is 9. The van der Waals surface area contributed by atoms with Crippen molar-refractivity contribution in [2.75, 3.05) is 7.11 Å². The highest BCUT2D eigenvalue weighted by molar-refractivity contribution is 5.99. The number of allylic oxidation sites excluding steroid dienone is 1. The molecule has 0 aliphatic carbocycles. The van der Waals surface area contributed by atoms with E-state index in [4.69, 9.17) is 4.74 Å². The first-order chi connectivity index (χ1) is 16.8. The van der Waals surface area contributed by atoms with Crippen molar-refractivity contribution in [3.05, 3.63) is 86.5 Å². The fourth-order valence-corrected chi connectivity index (χ4v) is 4.27. The lowest BCUT2D eigenvalue weighted by atomic mass is 9.89. The fourth-order valence-electron chi connectivity index (χ4n) is 4.27. The van der Waals surface area contributed by atoms with Crippen molar-refractivity contribution in [3.63, 3.8) is 0 Å². The van der Waals surface area contributed by atoms with Crippen molar-refractivity contribution in [1.29, 1.82) is 0 Å². The maximum atomic E-state index is 13.5. The quantitative estimate of drug-likeness (QED) is 0.431. The predicted octanol–water partition coefficient (Wildman–Crippen LogP) is 5.48. The second kappa shape index (κ2) is 11.6. The van der Waals surface area contributed by atoms with Gasteiger partial charge in [0.25, 0.3) is 11.5 Å². The van der Waals surface area contributed by atoms with E-state index in [0.29, 0.717) is 22.9 Å². The van der Waals surface area contributed by atoms with Gasteiger partial charge in [-0.2, -0.15) is 0 Å². The molecule has 1 aromatic carbocycles. The van der Waals surface area contributed by atoms with E-state index in [-0.39, 0.29) is 18.0 Å². The molecule has 2 N–H and O–H groups in total. The standard InChI is InChI=1S/C29H35N3O3/c1-7-9-24-23(12-18(3)4)14-22(21-10-11-27(35-6)30-16-21)15-25(24)28(33)31-17-26-20(8-2)13-19(5)32-29(26)34/h7,9-11,13-16,18H,8,12,17H2,1-6H3,(H,31,33)(H,32,34)/b9-7-. The summed E-state index contributed by atoms with van der Waals surface area (Å²) in [5.74, 6) is 0.737. The molecule has 2 heterocycles. The van der Waals surface area contributed by atoms with Crippen LogP contribution in [0.2, 0.25) is 0 Å². The molecule has 0 atom stereocenters. The Bertz CT molecular complexity index is 1270. The normalized spacial score (nSPS) is 11.3. The van der Waals surface area contributed by atoms with Gasteiger partial charge in [-0.05, 0) is 73.1 Å². The van der Waals surface area contributed by atoms with Gasteiger partial charge >= 0.3 is 0 Å². The first-order valence-corrected chi connectivity index (χ1v) is 12.1. The molecule has 0 aliphatic heterocycles. The number of carbonyl (C=O) groups is 1. The highest BCUT2D eigenvalue weighted by atomic mass is 16.5. The van der Waals surface area contributed by atoms with Crippen molar-refractivity contribution in [2.45, 2.75) is 54.0 Å². The number of hydrogen-bond acceptors (Lipinski definition) is 4. The average Bonchev–Trinajstić information content (AvgIpc) is 2.83.